The minimum Gasteiger partial charge on any atom is -0.462 e. The normalized spacial score (nSPS) is 21.6. The van der Waals surface area contributed by atoms with Gasteiger partial charge in [0.05, 0.1) is 34.6 Å². The molecule has 11 nitrogen and oxygen atoms in total. The van der Waals surface area contributed by atoms with E-state index >= 15 is 4.39 Å². The Morgan fingerprint density at radius 2 is 1.71 bits per heavy atom. The second-order valence-corrected chi connectivity index (χ2v) is 16.0. The van der Waals surface area contributed by atoms with Crippen molar-refractivity contribution in [2.24, 2.45) is 0 Å². The van der Waals surface area contributed by atoms with Crippen molar-refractivity contribution in [3.8, 4) is 6.01 Å². The molecule has 266 valence electrons. The summed E-state index contributed by atoms with van der Waals surface area (Å²) in [7, 11) is 0. The van der Waals surface area contributed by atoms with Crippen molar-refractivity contribution in [1.29, 1.82) is 0 Å². The SMILES string of the molecule is CC(C)(C)OC(=O)CCOCCCN1CCC[C@H]1COc1nc(N2CC3CCC(C2)N3C(=O)OC(C)(C)C)c2cc(Cl)c(Br)c(F)c2n1. The Kier molecular flexibility index (Phi) is 11.6. The smallest absolute Gasteiger partial charge is 0.410 e. The Hall–Kier alpha value is -2.48. The Bertz CT molecular complexity index is 1470. The molecular formula is C34H48BrClFN5O6. The molecule has 0 aliphatic carbocycles. The van der Waals surface area contributed by atoms with E-state index in [2.05, 4.69) is 30.7 Å². The van der Waals surface area contributed by atoms with Gasteiger partial charge in [-0.05, 0) is 102 Å². The average Bonchev–Trinajstić information content (AvgIpc) is 3.55. The van der Waals surface area contributed by atoms with Gasteiger partial charge in [0.15, 0.2) is 5.82 Å². The van der Waals surface area contributed by atoms with Crippen LogP contribution in [0.15, 0.2) is 10.5 Å². The third kappa shape index (κ3) is 9.19. The van der Waals surface area contributed by atoms with Crippen LogP contribution in [0.2, 0.25) is 5.02 Å². The molecule has 14 heteroatoms. The number of benzene rings is 1. The van der Waals surface area contributed by atoms with E-state index in [1.54, 1.807) is 6.07 Å². The van der Waals surface area contributed by atoms with Gasteiger partial charge in [0.25, 0.3) is 0 Å². The first-order chi connectivity index (χ1) is 22.6. The Labute approximate surface area is 295 Å². The van der Waals surface area contributed by atoms with Crippen LogP contribution in [0.1, 0.15) is 80.1 Å². The fourth-order valence-electron chi connectivity index (χ4n) is 6.70. The highest BCUT2D eigenvalue weighted by molar-refractivity contribution is 9.10. The summed E-state index contributed by atoms with van der Waals surface area (Å²) in [6.07, 6.45) is 4.44. The summed E-state index contributed by atoms with van der Waals surface area (Å²) in [5.74, 6) is -0.296. The minimum atomic E-state index is -0.587. The second-order valence-electron chi connectivity index (χ2n) is 14.8. The summed E-state index contributed by atoms with van der Waals surface area (Å²) in [5.41, 5.74) is -0.961. The van der Waals surface area contributed by atoms with Crippen molar-refractivity contribution < 1.29 is 32.9 Å². The molecule has 3 aliphatic rings. The summed E-state index contributed by atoms with van der Waals surface area (Å²) in [6.45, 7) is 15.2. The molecule has 0 N–H and O–H groups in total. The Morgan fingerprint density at radius 3 is 2.38 bits per heavy atom. The molecule has 5 rings (SSSR count). The third-order valence-corrected chi connectivity index (χ3v) is 9.98. The van der Waals surface area contributed by atoms with E-state index in [1.165, 1.54) is 0 Å². The summed E-state index contributed by atoms with van der Waals surface area (Å²) in [5, 5.41) is 0.719. The van der Waals surface area contributed by atoms with Crippen molar-refractivity contribution >= 4 is 56.3 Å². The lowest BCUT2D eigenvalue weighted by Crippen LogP contribution is -2.57. The number of aromatic nitrogens is 2. The Balaban J connectivity index is 1.23. The molecule has 1 aromatic heterocycles. The molecule has 48 heavy (non-hydrogen) atoms. The fourth-order valence-corrected chi connectivity index (χ4v) is 7.19. The van der Waals surface area contributed by atoms with Crippen LogP contribution in [-0.2, 0) is 19.0 Å². The highest BCUT2D eigenvalue weighted by atomic mass is 79.9. The average molecular weight is 757 g/mol. The van der Waals surface area contributed by atoms with Gasteiger partial charge in [-0.25, -0.2) is 9.18 Å². The summed E-state index contributed by atoms with van der Waals surface area (Å²) >= 11 is 9.67. The van der Waals surface area contributed by atoms with Gasteiger partial charge < -0.3 is 23.8 Å². The molecule has 4 heterocycles. The van der Waals surface area contributed by atoms with E-state index in [-0.39, 0.29) is 57.6 Å². The molecule has 2 unspecified atom stereocenters. The van der Waals surface area contributed by atoms with E-state index in [9.17, 15) is 9.59 Å². The van der Waals surface area contributed by atoms with Crippen LogP contribution in [0, 0.1) is 5.82 Å². The zero-order valence-electron chi connectivity index (χ0n) is 28.8. The van der Waals surface area contributed by atoms with Gasteiger partial charge >= 0.3 is 18.1 Å². The topological polar surface area (TPSA) is 107 Å². The van der Waals surface area contributed by atoms with Crippen molar-refractivity contribution in [3.05, 3.63) is 21.4 Å². The summed E-state index contributed by atoms with van der Waals surface area (Å²) in [6, 6.07) is 1.82. The lowest BCUT2D eigenvalue weighted by molar-refractivity contribution is -0.156. The van der Waals surface area contributed by atoms with Gasteiger partial charge in [0, 0.05) is 37.7 Å². The molecule has 3 fully saturated rings. The number of fused-ring (bicyclic) bond motifs is 3. The first-order valence-electron chi connectivity index (χ1n) is 16.9. The molecule has 0 radical (unpaired) electrons. The predicted octanol–water partition coefficient (Wildman–Crippen LogP) is 6.75. The van der Waals surface area contributed by atoms with E-state index in [0.29, 0.717) is 44.1 Å². The molecule has 1 amide bonds. The highest BCUT2D eigenvalue weighted by Crippen LogP contribution is 2.39. The standard InChI is InChI=1S/C34H48BrClFN5O6/c1-33(2,3)47-26(43)12-16-45-15-8-14-40-13-7-9-23(40)20-46-31-38-29-24(17-25(36)27(35)28(29)37)30(39-31)41-18-21-10-11-22(19-41)42(21)32(44)48-34(4,5)6/h17,21-23H,7-16,18-20H2,1-6H3/t21?,22?,23-/m0/s1. The number of rotatable bonds is 11. The first kappa shape index (κ1) is 36.8. The van der Waals surface area contributed by atoms with Gasteiger partial charge in [-0.2, -0.15) is 9.97 Å². The van der Waals surface area contributed by atoms with Gasteiger partial charge in [-0.3, -0.25) is 14.6 Å². The number of likely N-dealkylation sites (tertiary alicyclic amines) is 1. The van der Waals surface area contributed by atoms with Gasteiger partial charge in [-0.1, -0.05) is 11.6 Å². The van der Waals surface area contributed by atoms with E-state index in [4.69, 9.17) is 35.5 Å². The molecular weight excluding hydrogens is 709 g/mol. The molecule has 1 aromatic carbocycles. The minimum absolute atomic E-state index is 0.0583. The Morgan fingerprint density at radius 1 is 1.02 bits per heavy atom. The molecule has 3 saturated heterocycles. The molecule has 0 saturated carbocycles. The number of piperazine rings is 1. The number of carbonyl (C=O) groups is 2. The van der Waals surface area contributed by atoms with Crippen LogP contribution in [0.4, 0.5) is 15.0 Å². The molecule has 2 bridgehead atoms. The number of carbonyl (C=O) groups excluding carboxylic acids is 2. The molecule has 3 aliphatic heterocycles. The monoisotopic (exact) mass is 755 g/mol. The van der Waals surface area contributed by atoms with Gasteiger partial charge in [0.2, 0.25) is 0 Å². The van der Waals surface area contributed by atoms with Gasteiger partial charge in [-0.15, -0.1) is 0 Å². The van der Waals surface area contributed by atoms with Crippen molar-refractivity contribution in [2.75, 3.05) is 50.9 Å². The molecule has 2 aromatic rings. The number of hydrogen-bond donors (Lipinski definition) is 0. The van der Waals surface area contributed by atoms with Crippen LogP contribution in [0.5, 0.6) is 6.01 Å². The van der Waals surface area contributed by atoms with E-state index in [1.807, 2.05) is 46.4 Å². The van der Waals surface area contributed by atoms with Crippen LogP contribution in [0.25, 0.3) is 10.9 Å². The number of halogens is 3. The number of anilines is 1. The number of nitrogens with zero attached hydrogens (tertiary/aromatic N) is 5. The molecule has 0 spiro atoms. The maximum Gasteiger partial charge on any atom is 0.410 e. The number of hydrogen-bond acceptors (Lipinski definition) is 10. The van der Waals surface area contributed by atoms with Crippen LogP contribution < -0.4 is 9.64 Å². The number of amides is 1. The lowest BCUT2D eigenvalue weighted by Gasteiger charge is -2.42. The van der Waals surface area contributed by atoms with Crippen LogP contribution in [0.3, 0.4) is 0 Å². The highest BCUT2D eigenvalue weighted by Gasteiger charge is 2.45. The number of esters is 1. The lowest BCUT2D eigenvalue weighted by atomic mass is 10.1. The first-order valence-corrected chi connectivity index (χ1v) is 18.0. The van der Waals surface area contributed by atoms with E-state index in [0.717, 1.165) is 45.2 Å². The van der Waals surface area contributed by atoms with Crippen molar-refractivity contribution in [2.45, 2.75) is 109 Å². The maximum atomic E-state index is 15.6. The maximum absolute atomic E-state index is 15.6. The van der Waals surface area contributed by atoms with Crippen molar-refractivity contribution in [1.82, 2.24) is 19.8 Å². The summed E-state index contributed by atoms with van der Waals surface area (Å²) in [4.78, 5) is 40.6. The fraction of sp³-hybridized carbons (Fsp3) is 0.706. The zero-order chi connectivity index (χ0) is 34.8. The molecule has 3 atom stereocenters. The third-order valence-electron chi connectivity index (χ3n) is 8.68. The van der Waals surface area contributed by atoms with Crippen LogP contribution >= 0.6 is 27.5 Å². The number of ether oxygens (including phenoxy) is 4. The van der Waals surface area contributed by atoms with Crippen molar-refractivity contribution in [3.63, 3.8) is 0 Å². The summed E-state index contributed by atoms with van der Waals surface area (Å²) < 4.78 is 38.7. The zero-order valence-corrected chi connectivity index (χ0v) is 31.2. The van der Waals surface area contributed by atoms with E-state index < -0.39 is 17.0 Å². The van der Waals surface area contributed by atoms with Gasteiger partial charge in [0.1, 0.15) is 29.1 Å². The van der Waals surface area contributed by atoms with Crippen LogP contribution in [-0.4, -0.2) is 107 Å². The second kappa shape index (κ2) is 15.2. The quantitative estimate of drug-likeness (QED) is 0.139. The predicted molar refractivity (Wildman–Crippen MR) is 185 cm³/mol. The largest absolute Gasteiger partial charge is 0.462 e.